The third kappa shape index (κ3) is 2.36. The van der Waals surface area contributed by atoms with Gasteiger partial charge in [-0.25, -0.2) is 0 Å². The van der Waals surface area contributed by atoms with E-state index in [1.807, 2.05) is 37.5 Å². The molecule has 0 aromatic carbocycles. The number of carbonyl (C=O) groups excluding carboxylic acids is 1. The summed E-state index contributed by atoms with van der Waals surface area (Å²) in [5, 5.41) is 9.74. The lowest BCUT2D eigenvalue weighted by Crippen LogP contribution is -2.21. The molecule has 0 radical (unpaired) electrons. The molecule has 0 unspecified atom stereocenters. The molecule has 6 nitrogen and oxygen atoms in total. The number of thiocarbonyl (C=S) groups is 1. The van der Waals surface area contributed by atoms with Crippen molar-refractivity contribution in [3.63, 3.8) is 0 Å². The van der Waals surface area contributed by atoms with Crippen LogP contribution < -0.4 is 10.6 Å². The molecule has 0 atom stereocenters. The topological polar surface area (TPSA) is 72.1 Å². The summed E-state index contributed by atoms with van der Waals surface area (Å²) in [4.78, 5) is 11.7. The number of nitrogens with one attached hydrogen (secondary N) is 2. The second kappa shape index (κ2) is 4.85. The van der Waals surface area contributed by atoms with Crippen molar-refractivity contribution >= 4 is 29.3 Å². The molecule has 0 bridgehead atoms. The lowest BCUT2D eigenvalue weighted by atomic mass is 10.2. The largest absolute Gasteiger partial charge is 0.360 e. The first-order chi connectivity index (χ1) is 9.95. The van der Waals surface area contributed by atoms with E-state index in [1.54, 1.807) is 6.08 Å². The average molecular weight is 302 g/mol. The van der Waals surface area contributed by atoms with Crippen LogP contribution in [0, 0.1) is 20.8 Å². The predicted molar refractivity (Wildman–Crippen MR) is 81.9 cm³/mol. The minimum Gasteiger partial charge on any atom is -0.360 e. The number of hydrogen-bond acceptors (Lipinski definition) is 4. The number of nitrogens with zero attached hydrogens (tertiary/aromatic N) is 2. The summed E-state index contributed by atoms with van der Waals surface area (Å²) in [6.07, 6.45) is 1.78. The third-order valence-electron chi connectivity index (χ3n) is 3.33. The van der Waals surface area contributed by atoms with E-state index >= 15 is 0 Å². The SMILES string of the molecule is Cc1cc(-n2c(C)cc(/C=C3\NC(=S)NC3=O)c2C)no1. The van der Waals surface area contributed by atoms with E-state index in [1.165, 1.54) is 0 Å². The molecule has 108 valence electrons. The highest BCUT2D eigenvalue weighted by Crippen LogP contribution is 2.22. The standard InChI is InChI=1S/C14H14N4O2S/c1-7-4-10(6-11-13(19)16-14(21)15-11)9(3)18(7)12-5-8(2)20-17-12/h4-6H,1-3H3,(H2,15,16,19,21)/b11-6-. The quantitative estimate of drug-likeness (QED) is 0.653. The first-order valence-electron chi connectivity index (χ1n) is 6.42. The lowest BCUT2D eigenvalue weighted by molar-refractivity contribution is -0.115. The molecule has 1 amide bonds. The van der Waals surface area contributed by atoms with Gasteiger partial charge in [0, 0.05) is 17.5 Å². The number of carbonyl (C=O) groups is 1. The normalized spacial score (nSPS) is 16.4. The van der Waals surface area contributed by atoms with Crippen molar-refractivity contribution in [3.8, 4) is 5.82 Å². The van der Waals surface area contributed by atoms with Gasteiger partial charge >= 0.3 is 0 Å². The van der Waals surface area contributed by atoms with E-state index in [-0.39, 0.29) is 5.91 Å². The molecule has 21 heavy (non-hydrogen) atoms. The van der Waals surface area contributed by atoms with Gasteiger partial charge in [0.25, 0.3) is 5.91 Å². The molecule has 0 aliphatic carbocycles. The van der Waals surface area contributed by atoms with Gasteiger partial charge in [-0.3, -0.25) is 14.7 Å². The Kier molecular flexibility index (Phi) is 3.13. The molecule has 3 heterocycles. The second-order valence-corrected chi connectivity index (χ2v) is 5.33. The van der Waals surface area contributed by atoms with E-state index in [9.17, 15) is 4.79 Å². The summed E-state index contributed by atoms with van der Waals surface area (Å²) in [7, 11) is 0. The van der Waals surface area contributed by atoms with Crippen molar-refractivity contribution in [2.75, 3.05) is 0 Å². The number of hydrogen-bond donors (Lipinski definition) is 2. The van der Waals surface area contributed by atoms with Crippen LogP contribution in [0.5, 0.6) is 0 Å². The highest BCUT2D eigenvalue weighted by atomic mass is 32.1. The molecule has 1 aliphatic rings. The number of amides is 1. The van der Waals surface area contributed by atoms with Crippen LogP contribution in [-0.4, -0.2) is 20.7 Å². The summed E-state index contributed by atoms with van der Waals surface area (Å²) in [5.41, 5.74) is 3.35. The van der Waals surface area contributed by atoms with Crippen molar-refractivity contribution in [3.05, 3.63) is 40.5 Å². The fourth-order valence-corrected chi connectivity index (χ4v) is 2.59. The molecular formula is C14H14N4O2S. The Labute approximate surface area is 126 Å². The van der Waals surface area contributed by atoms with Crippen LogP contribution in [-0.2, 0) is 4.79 Å². The molecule has 1 fully saturated rings. The van der Waals surface area contributed by atoms with Gasteiger partial charge in [-0.05, 0) is 50.7 Å². The summed E-state index contributed by atoms with van der Waals surface area (Å²) >= 11 is 4.92. The minimum absolute atomic E-state index is 0.220. The van der Waals surface area contributed by atoms with Gasteiger partial charge in [-0.2, -0.15) is 0 Å². The molecule has 1 aliphatic heterocycles. The van der Waals surface area contributed by atoms with Crippen molar-refractivity contribution in [1.29, 1.82) is 0 Å². The Morgan fingerprint density at radius 3 is 2.62 bits per heavy atom. The van der Waals surface area contributed by atoms with Crippen molar-refractivity contribution < 1.29 is 9.32 Å². The van der Waals surface area contributed by atoms with Gasteiger partial charge in [0.15, 0.2) is 10.9 Å². The van der Waals surface area contributed by atoms with Gasteiger partial charge in [0.2, 0.25) is 0 Å². The van der Waals surface area contributed by atoms with E-state index in [4.69, 9.17) is 16.7 Å². The lowest BCUT2D eigenvalue weighted by Gasteiger charge is -2.04. The van der Waals surface area contributed by atoms with Crippen LogP contribution in [0.15, 0.2) is 22.4 Å². The molecule has 0 spiro atoms. The Morgan fingerprint density at radius 1 is 1.29 bits per heavy atom. The van der Waals surface area contributed by atoms with E-state index < -0.39 is 0 Å². The first-order valence-corrected chi connectivity index (χ1v) is 6.83. The highest BCUT2D eigenvalue weighted by Gasteiger charge is 2.21. The number of rotatable bonds is 2. The maximum atomic E-state index is 11.7. The molecule has 2 N–H and O–H groups in total. The van der Waals surface area contributed by atoms with Crippen LogP contribution in [0.4, 0.5) is 0 Å². The summed E-state index contributed by atoms with van der Waals surface area (Å²) in [6.45, 7) is 5.79. The van der Waals surface area contributed by atoms with Crippen LogP contribution in [0.25, 0.3) is 11.9 Å². The van der Waals surface area contributed by atoms with Crippen LogP contribution in [0.2, 0.25) is 0 Å². The third-order valence-corrected chi connectivity index (χ3v) is 3.54. The van der Waals surface area contributed by atoms with Gasteiger partial charge < -0.3 is 9.84 Å². The van der Waals surface area contributed by atoms with E-state index in [0.717, 1.165) is 28.5 Å². The van der Waals surface area contributed by atoms with Crippen LogP contribution >= 0.6 is 12.2 Å². The molecule has 0 saturated carbocycles. The first kappa shape index (κ1) is 13.6. The van der Waals surface area contributed by atoms with Crippen molar-refractivity contribution in [1.82, 2.24) is 20.4 Å². The summed E-state index contributed by atoms with van der Waals surface area (Å²) in [5.74, 6) is 1.26. The Balaban J connectivity index is 2.04. The molecule has 2 aromatic heterocycles. The second-order valence-electron chi connectivity index (χ2n) is 4.92. The van der Waals surface area contributed by atoms with E-state index in [0.29, 0.717) is 10.8 Å². The fraction of sp³-hybridized carbons (Fsp3) is 0.214. The maximum Gasteiger partial charge on any atom is 0.273 e. The minimum atomic E-state index is -0.220. The zero-order valence-corrected chi connectivity index (χ0v) is 12.7. The van der Waals surface area contributed by atoms with Gasteiger partial charge in [-0.1, -0.05) is 5.16 Å². The smallest absolute Gasteiger partial charge is 0.273 e. The van der Waals surface area contributed by atoms with Crippen molar-refractivity contribution in [2.45, 2.75) is 20.8 Å². The molecule has 1 saturated heterocycles. The fourth-order valence-electron chi connectivity index (χ4n) is 2.38. The zero-order valence-electron chi connectivity index (χ0n) is 11.9. The van der Waals surface area contributed by atoms with Crippen LogP contribution in [0.1, 0.15) is 22.7 Å². The Bertz CT molecular complexity index is 785. The molecule has 7 heteroatoms. The monoisotopic (exact) mass is 302 g/mol. The predicted octanol–water partition coefficient (Wildman–Crippen LogP) is 1.74. The van der Waals surface area contributed by atoms with Crippen molar-refractivity contribution in [2.24, 2.45) is 0 Å². The molecule has 2 aromatic rings. The average Bonchev–Trinajstić information content (AvgIpc) is 3.02. The van der Waals surface area contributed by atoms with Gasteiger partial charge in [-0.15, -0.1) is 0 Å². The number of aromatic nitrogens is 2. The van der Waals surface area contributed by atoms with E-state index in [2.05, 4.69) is 15.8 Å². The highest BCUT2D eigenvalue weighted by molar-refractivity contribution is 7.80. The Morgan fingerprint density at radius 2 is 2.05 bits per heavy atom. The summed E-state index contributed by atoms with van der Waals surface area (Å²) < 4.78 is 7.10. The number of aryl methyl sites for hydroxylation is 2. The van der Waals surface area contributed by atoms with Gasteiger partial charge in [0.1, 0.15) is 11.5 Å². The van der Waals surface area contributed by atoms with Gasteiger partial charge in [0.05, 0.1) is 0 Å². The van der Waals surface area contributed by atoms with Crippen LogP contribution in [0.3, 0.4) is 0 Å². The molecule has 3 rings (SSSR count). The maximum absolute atomic E-state index is 11.7. The molecular weight excluding hydrogens is 288 g/mol. The summed E-state index contributed by atoms with van der Waals surface area (Å²) in [6, 6.07) is 3.86. The zero-order chi connectivity index (χ0) is 15.1. The Hall–Kier alpha value is -2.41.